The summed E-state index contributed by atoms with van der Waals surface area (Å²) in [7, 11) is 1.68. The molecular formula is C20H24N2O2. The molecule has 4 nitrogen and oxygen atoms in total. The number of carbonyl (C=O) groups excluding carboxylic acids is 1. The first-order valence-electron chi connectivity index (χ1n) is 8.38. The Morgan fingerprint density at radius 3 is 2.58 bits per heavy atom. The predicted molar refractivity (Wildman–Crippen MR) is 94.4 cm³/mol. The number of ether oxygens (including phenoxy) is 1. The van der Waals surface area contributed by atoms with Crippen molar-refractivity contribution in [2.75, 3.05) is 20.2 Å². The van der Waals surface area contributed by atoms with Crippen LogP contribution in [0.15, 0.2) is 48.5 Å². The fraction of sp³-hybridized carbons (Fsp3) is 0.350. The Bertz CT molecular complexity index is 700. The molecule has 2 aromatic carbocycles. The molecule has 0 spiro atoms. The average molecular weight is 324 g/mol. The van der Waals surface area contributed by atoms with Crippen LogP contribution in [0.2, 0.25) is 0 Å². The molecule has 0 aromatic heterocycles. The highest BCUT2D eigenvalue weighted by Crippen LogP contribution is 2.18. The topological polar surface area (TPSA) is 41.6 Å². The molecule has 126 valence electrons. The van der Waals surface area contributed by atoms with Crippen molar-refractivity contribution in [2.24, 2.45) is 0 Å². The quantitative estimate of drug-likeness (QED) is 0.888. The molecule has 0 atom stereocenters. The van der Waals surface area contributed by atoms with Gasteiger partial charge in [-0.1, -0.05) is 48.5 Å². The van der Waals surface area contributed by atoms with Crippen molar-refractivity contribution in [1.82, 2.24) is 10.2 Å². The largest absolute Gasteiger partial charge is 0.380 e. The van der Waals surface area contributed by atoms with Gasteiger partial charge >= 0.3 is 0 Å². The van der Waals surface area contributed by atoms with Gasteiger partial charge in [0.15, 0.2) is 0 Å². The minimum Gasteiger partial charge on any atom is -0.380 e. The normalized spacial score (nSPS) is 14.2. The number of benzene rings is 2. The fourth-order valence-corrected chi connectivity index (χ4v) is 3.17. The number of hydrogen-bond acceptors (Lipinski definition) is 3. The van der Waals surface area contributed by atoms with Gasteiger partial charge in [0.1, 0.15) is 0 Å². The van der Waals surface area contributed by atoms with E-state index in [0.717, 1.165) is 30.6 Å². The second-order valence-corrected chi connectivity index (χ2v) is 6.21. The van der Waals surface area contributed by atoms with Gasteiger partial charge in [0.25, 0.3) is 0 Å². The van der Waals surface area contributed by atoms with Crippen molar-refractivity contribution in [2.45, 2.75) is 26.1 Å². The van der Waals surface area contributed by atoms with Crippen LogP contribution in [0.1, 0.15) is 22.3 Å². The summed E-state index contributed by atoms with van der Waals surface area (Å²) >= 11 is 0. The number of rotatable bonds is 6. The zero-order chi connectivity index (χ0) is 16.8. The third-order valence-corrected chi connectivity index (χ3v) is 4.47. The minimum absolute atomic E-state index is 0.0709. The highest BCUT2D eigenvalue weighted by Gasteiger charge is 2.17. The van der Waals surface area contributed by atoms with Gasteiger partial charge in [-0.15, -0.1) is 0 Å². The lowest BCUT2D eigenvalue weighted by Crippen LogP contribution is -2.39. The van der Waals surface area contributed by atoms with Crippen molar-refractivity contribution in [3.63, 3.8) is 0 Å². The molecule has 1 heterocycles. The smallest absolute Gasteiger partial charge is 0.234 e. The highest BCUT2D eigenvalue weighted by molar-refractivity contribution is 5.78. The molecule has 0 saturated carbocycles. The first kappa shape index (κ1) is 16.7. The van der Waals surface area contributed by atoms with Gasteiger partial charge in [0, 0.05) is 26.7 Å². The van der Waals surface area contributed by atoms with Gasteiger partial charge in [-0.2, -0.15) is 0 Å². The molecule has 0 unspecified atom stereocenters. The maximum atomic E-state index is 12.3. The first-order chi connectivity index (χ1) is 11.8. The number of methoxy groups -OCH3 is 1. The summed E-state index contributed by atoms with van der Waals surface area (Å²) in [5.74, 6) is 0.0709. The summed E-state index contributed by atoms with van der Waals surface area (Å²) in [5, 5.41) is 3.03. The van der Waals surface area contributed by atoms with E-state index in [1.54, 1.807) is 7.11 Å². The van der Waals surface area contributed by atoms with Crippen LogP contribution >= 0.6 is 0 Å². The number of carbonyl (C=O) groups is 1. The van der Waals surface area contributed by atoms with Gasteiger partial charge in [0.2, 0.25) is 5.91 Å². The van der Waals surface area contributed by atoms with E-state index >= 15 is 0 Å². The van der Waals surface area contributed by atoms with E-state index in [-0.39, 0.29) is 5.91 Å². The van der Waals surface area contributed by atoms with Crippen LogP contribution in [-0.4, -0.2) is 31.0 Å². The third kappa shape index (κ3) is 4.22. The average Bonchev–Trinajstić information content (AvgIpc) is 2.61. The number of amides is 1. The monoisotopic (exact) mass is 324 g/mol. The van der Waals surface area contributed by atoms with E-state index in [1.165, 1.54) is 11.1 Å². The van der Waals surface area contributed by atoms with E-state index in [2.05, 4.69) is 34.5 Å². The van der Waals surface area contributed by atoms with Gasteiger partial charge in [-0.3, -0.25) is 9.69 Å². The van der Waals surface area contributed by atoms with Crippen molar-refractivity contribution < 1.29 is 9.53 Å². The fourth-order valence-electron chi connectivity index (χ4n) is 3.17. The Morgan fingerprint density at radius 2 is 1.79 bits per heavy atom. The molecule has 0 radical (unpaired) electrons. The lowest BCUT2D eigenvalue weighted by molar-refractivity contribution is -0.122. The second-order valence-electron chi connectivity index (χ2n) is 6.21. The van der Waals surface area contributed by atoms with Crippen molar-refractivity contribution in [3.8, 4) is 0 Å². The van der Waals surface area contributed by atoms with E-state index in [4.69, 9.17) is 4.74 Å². The van der Waals surface area contributed by atoms with E-state index in [0.29, 0.717) is 19.7 Å². The highest BCUT2D eigenvalue weighted by atomic mass is 16.5. The molecule has 0 fully saturated rings. The Labute approximate surface area is 143 Å². The van der Waals surface area contributed by atoms with E-state index in [1.807, 2.05) is 24.3 Å². The van der Waals surface area contributed by atoms with Crippen LogP contribution < -0.4 is 5.32 Å². The lowest BCUT2D eigenvalue weighted by atomic mass is 10.00. The SMILES string of the molecule is COCc1ccccc1CNC(=O)CN1CCc2ccccc2C1. The van der Waals surface area contributed by atoms with Crippen LogP contribution in [0.4, 0.5) is 0 Å². The number of nitrogens with zero attached hydrogens (tertiary/aromatic N) is 1. The van der Waals surface area contributed by atoms with E-state index < -0.39 is 0 Å². The van der Waals surface area contributed by atoms with Gasteiger partial charge in [-0.25, -0.2) is 0 Å². The molecule has 0 saturated heterocycles. The van der Waals surface area contributed by atoms with Gasteiger partial charge in [0.05, 0.1) is 13.2 Å². The maximum Gasteiger partial charge on any atom is 0.234 e. The molecule has 1 N–H and O–H groups in total. The van der Waals surface area contributed by atoms with Crippen LogP contribution in [0.25, 0.3) is 0 Å². The standard InChI is InChI=1S/C20H24N2O2/c1-24-15-19-9-5-3-7-17(19)12-21-20(23)14-22-11-10-16-6-2-4-8-18(16)13-22/h2-9H,10-15H2,1H3,(H,21,23). The summed E-state index contributed by atoms with van der Waals surface area (Å²) in [6.07, 6.45) is 1.01. The molecule has 3 rings (SSSR count). The Kier molecular flexibility index (Phi) is 5.62. The minimum atomic E-state index is 0.0709. The van der Waals surface area contributed by atoms with Crippen molar-refractivity contribution in [1.29, 1.82) is 0 Å². The Hall–Kier alpha value is -2.17. The number of fused-ring (bicyclic) bond motifs is 1. The Morgan fingerprint density at radius 1 is 1.08 bits per heavy atom. The number of nitrogens with one attached hydrogen (secondary N) is 1. The number of hydrogen-bond donors (Lipinski definition) is 1. The summed E-state index contributed by atoms with van der Waals surface area (Å²) < 4.78 is 5.21. The molecule has 0 bridgehead atoms. The van der Waals surface area contributed by atoms with Gasteiger partial charge in [-0.05, 0) is 28.7 Å². The van der Waals surface area contributed by atoms with Crippen LogP contribution in [0.5, 0.6) is 0 Å². The van der Waals surface area contributed by atoms with Gasteiger partial charge < -0.3 is 10.1 Å². The summed E-state index contributed by atoms with van der Waals surface area (Å²) in [4.78, 5) is 14.5. The maximum absolute atomic E-state index is 12.3. The third-order valence-electron chi connectivity index (χ3n) is 4.47. The molecule has 0 aliphatic carbocycles. The Balaban J connectivity index is 1.52. The molecule has 4 heteroatoms. The van der Waals surface area contributed by atoms with Crippen molar-refractivity contribution >= 4 is 5.91 Å². The molecular weight excluding hydrogens is 300 g/mol. The van der Waals surface area contributed by atoms with Crippen LogP contribution in [0, 0.1) is 0 Å². The first-order valence-corrected chi connectivity index (χ1v) is 8.38. The lowest BCUT2D eigenvalue weighted by Gasteiger charge is -2.28. The zero-order valence-corrected chi connectivity index (χ0v) is 14.1. The van der Waals surface area contributed by atoms with Crippen LogP contribution in [-0.2, 0) is 35.6 Å². The predicted octanol–water partition coefficient (Wildman–Crippen LogP) is 2.51. The zero-order valence-electron chi connectivity index (χ0n) is 14.1. The summed E-state index contributed by atoms with van der Waals surface area (Å²) in [6.45, 7) is 3.34. The summed E-state index contributed by atoms with van der Waals surface area (Å²) in [5.41, 5.74) is 4.97. The van der Waals surface area contributed by atoms with Crippen molar-refractivity contribution in [3.05, 3.63) is 70.8 Å². The second kappa shape index (κ2) is 8.08. The molecule has 2 aromatic rings. The molecule has 1 aliphatic rings. The van der Waals surface area contributed by atoms with Crippen LogP contribution in [0.3, 0.4) is 0 Å². The molecule has 1 amide bonds. The molecule has 1 aliphatic heterocycles. The van der Waals surface area contributed by atoms with E-state index in [9.17, 15) is 4.79 Å². The molecule has 24 heavy (non-hydrogen) atoms. The summed E-state index contributed by atoms with van der Waals surface area (Å²) in [6, 6.07) is 16.5.